The molecular formula is C90H156F6O6. The van der Waals surface area contributed by atoms with Crippen LogP contribution < -0.4 is 14.2 Å². The highest BCUT2D eigenvalue weighted by Crippen LogP contribution is 2.49. The Morgan fingerprint density at radius 1 is 0.275 bits per heavy atom. The third kappa shape index (κ3) is 31.4. The fourth-order valence-electron chi connectivity index (χ4n) is 19.0. The van der Waals surface area contributed by atoms with Gasteiger partial charge in [-0.05, 0) is 293 Å². The predicted molar refractivity (Wildman–Crippen MR) is 422 cm³/mol. The molecule has 0 saturated heterocycles. The van der Waals surface area contributed by atoms with E-state index in [2.05, 4.69) is 41.5 Å². The van der Waals surface area contributed by atoms with E-state index in [1.165, 1.54) is 211 Å². The quantitative estimate of drug-likeness (QED) is 0.0446. The standard InChI is InChI=1S/C31H50F2O.C29H46F2O.C27H42F2O.3CH4.3H2O/c1-4-6-7-8-9-10-12-23(3)34-31-29(32)21-28(22-30(31)33)27-19-17-26(18-20-27)25-15-13-24(11-5-2)14-16-25;1-4-6-7-8-10-21(3)32-29-27(30)19-26(20-28(29)31)25-17-15-24(16-18-25)23-13-11-22(9-5-2)12-14-23;1-4-6-8-19(3)30-27-25(28)17-24(18-26(27)29)23-15-13-22(14-16-23)21-11-9-20(7-5-2)10-12-21;;;;;;/h21-27H,4-20H2,1-3H3;19-25H,4-18H2,1-3H3;17-23H,4-16H2,1-3H3;3*1H4;3*1H2. The number of hydrogen-bond acceptors (Lipinski definition) is 3. The smallest absolute Gasteiger partial charge is 0.191 e. The third-order valence-corrected chi connectivity index (χ3v) is 24.9. The number of rotatable bonds is 33. The van der Waals surface area contributed by atoms with Gasteiger partial charge < -0.3 is 30.6 Å². The molecule has 0 radical (unpaired) electrons. The van der Waals surface area contributed by atoms with E-state index in [-0.39, 0.29) is 92.0 Å². The van der Waals surface area contributed by atoms with Gasteiger partial charge in [0.1, 0.15) is 0 Å². The van der Waals surface area contributed by atoms with Gasteiger partial charge in [-0.2, -0.15) is 0 Å². The second-order valence-corrected chi connectivity index (χ2v) is 32.3. The van der Waals surface area contributed by atoms with Crippen LogP contribution in [-0.2, 0) is 0 Å². The SMILES string of the molecule is C.C.C.CCCCC(C)Oc1c(F)cc(C2CCC(C3CCC(CCC)CC3)CC2)cc1F.CCCCCCC(C)Oc1c(F)cc(C2CCC(C3CCC(CCC)CC3)CC2)cc1F.CCCCCCCCC(C)Oc1c(F)cc(C2CCC(C3CCC(CCC)CC3)CC2)cc1F.O.O.O. The van der Waals surface area contributed by atoms with Crippen molar-refractivity contribution in [1.82, 2.24) is 0 Å². The molecule has 102 heavy (non-hydrogen) atoms. The van der Waals surface area contributed by atoms with Crippen LogP contribution in [0.15, 0.2) is 36.4 Å². The fraction of sp³-hybridized carbons (Fsp3) is 0.800. The highest BCUT2D eigenvalue weighted by Gasteiger charge is 2.36. The lowest BCUT2D eigenvalue weighted by Crippen LogP contribution is -2.25. The molecule has 9 rings (SSSR count). The molecule has 0 bridgehead atoms. The molecule has 0 heterocycles. The molecule has 0 amide bonds. The molecule has 6 aliphatic carbocycles. The summed E-state index contributed by atoms with van der Waals surface area (Å²) in [7, 11) is 0. The van der Waals surface area contributed by atoms with E-state index in [0.717, 1.165) is 160 Å². The van der Waals surface area contributed by atoms with Gasteiger partial charge in [0.05, 0.1) is 18.3 Å². The summed E-state index contributed by atoms with van der Waals surface area (Å²) in [5.41, 5.74) is 2.48. The van der Waals surface area contributed by atoms with E-state index in [4.69, 9.17) is 14.2 Å². The van der Waals surface area contributed by atoms with Gasteiger partial charge in [0.2, 0.25) is 0 Å². The maximum absolute atomic E-state index is 14.9. The number of unbranched alkanes of at least 4 members (excludes halogenated alkanes) is 9. The zero-order valence-corrected chi connectivity index (χ0v) is 63.9. The first-order valence-electron chi connectivity index (χ1n) is 41.0. The van der Waals surface area contributed by atoms with Crippen LogP contribution in [0.2, 0.25) is 0 Å². The van der Waals surface area contributed by atoms with Crippen LogP contribution in [0, 0.1) is 88.2 Å². The predicted octanol–water partition coefficient (Wildman–Crippen LogP) is 28.2. The average molecular weight is 1450 g/mol. The largest absolute Gasteiger partial charge is 0.485 e. The molecule has 3 aromatic rings. The van der Waals surface area contributed by atoms with Gasteiger partial charge in [0.15, 0.2) is 52.2 Å². The lowest BCUT2D eigenvalue weighted by Gasteiger charge is -2.38. The maximum Gasteiger partial charge on any atom is 0.191 e. The summed E-state index contributed by atoms with van der Waals surface area (Å²) in [5, 5.41) is 0. The first-order chi connectivity index (χ1) is 46.5. The summed E-state index contributed by atoms with van der Waals surface area (Å²) >= 11 is 0. The third-order valence-electron chi connectivity index (χ3n) is 24.9. The minimum absolute atomic E-state index is 0. The second kappa shape index (κ2) is 52.5. The van der Waals surface area contributed by atoms with Crippen molar-refractivity contribution >= 4 is 0 Å². The van der Waals surface area contributed by atoms with E-state index >= 15 is 0 Å². The van der Waals surface area contributed by atoms with Crippen LogP contribution in [0.25, 0.3) is 0 Å². The Morgan fingerprint density at radius 3 is 0.696 bits per heavy atom. The maximum atomic E-state index is 14.9. The van der Waals surface area contributed by atoms with Gasteiger partial charge in [-0.15, -0.1) is 0 Å². The van der Waals surface area contributed by atoms with Crippen molar-refractivity contribution < 1.29 is 57.0 Å². The highest BCUT2D eigenvalue weighted by molar-refractivity contribution is 5.36. The van der Waals surface area contributed by atoms with Crippen molar-refractivity contribution in [2.45, 2.75) is 410 Å². The van der Waals surface area contributed by atoms with Crippen LogP contribution >= 0.6 is 0 Å². The lowest BCUT2D eigenvalue weighted by molar-refractivity contribution is 0.156. The minimum atomic E-state index is -0.537. The van der Waals surface area contributed by atoms with Gasteiger partial charge in [0, 0.05) is 0 Å². The molecule has 3 aromatic carbocycles. The van der Waals surface area contributed by atoms with Crippen LogP contribution in [0.1, 0.15) is 408 Å². The molecule has 0 aliphatic heterocycles. The summed E-state index contributed by atoms with van der Waals surface area (Å²) in [4.78, 5) is 0. The van der Waals surface area contributed by atoms with Crippen molar-refractivity contribution in [3.05, 3.63) is 88.0 Å². The molecule has 6 nitrogen and oxygen atoms in total. The Balaban J connectivity index is 0.000000744. The van der Waals surface area contributed by atoms with Crippen LogP contribution in [0.3, 0.4) is 0 Å². The molecule has 3 atom stereocenters. The molecule has 6 aliphatic rings. The molecule has 0 spiro atoms. The number of hydrogen-bond donors (Lipinski definition) is 0. The first-order valence-corrected chi connectivity index (χ1v) is 41.0. The fourth-order valence-corrected chi connectivity index (χ4v) is 19.0. The van der Waals surface area contributed by atoms with Crippen LogP contribution in [-0.4, -0.2) is 34.7 Å². The second-order valence-electron chi connectivity index (χ2n) is 32.3. The summed E-state index contributed by atoms with van der Waals surface area (Å²) in [5.74, 6) is 5.08. The first kappa shape index (κ1) is 96.5. The summed E-state index contributed by atoms with van der Waals surface area (Å²) in [6.45, 7) is 19.1. The lowest BCUT2D eigenvalue weighted by atomic mass is 9.68. The van der Waals surface area contributed by atoms with Gasteiger partial charge in [-0.3, -0.25) is 0 Å². The Hall–Kier alpha value is -3.48. The van der Waals surface area contributed by atoms with E-state index in [0.29, 0.717) is 0 Å². The van der Waals surface area contributed by atoms with Crippen molar-refractivity contribution in [3.63, 3.8) is 0 Å². The van der Waals surface area contributed by atoms with Gasteiger partial charge in [-0.25, -0.2) is 26.3 Å². The molecule has 0 aromatic heterocycles. The molecule has 6 fully saturated rings. The van der Waals surface area contributed by atoms with Gasteiger partial charge in [0.25, 0.3) is 0 Å². The summed E-state index contributed by atoms with van der Waals surface area (Å²) in [6, 6.07) is 9.26. The van der Waals surface area contributed by atoms with Gasteiger partial charge in [-0.1, -0.05) is 205 Å². The van der Waals surface area contributed by atoms with E-state index < -0.39 is 34.9 Å². The topological polar surface area (TPSA) is 122 Å². The zero-order valence-electron chi connectivity index (χ0n) is 63.9. The Morgan fingerprint density at radius 2 is 0.471 bits per heavy atom. The van der Waals surface area contributed by atoms with E-state index in [9.17, 15) is 26.3 Å². The van der Waals surface area contributed by atoms with E-state index in [1.54, 1.807) is 24.3 Å². The van der Waals surface area contributed by atoms with Crippen molar-refractivity contribution in [2.24, 2.45) is 53.3 Å². The monoisotopic (exact) mass is 1450 g/mol. The number of halogens is 6. The molecule has 6 N–H and O–H groups in total. The molecule has 594 valence electrons. The van der Waals surface area contributed by atoms with Gasteiger partial charge >= 0.3 is 0 Å². The van der Waals surface area contributed by atoms with E-state index in [1.807, 2.05) is 20.8 Å². The highest BCUT2D eigenvalue weighted by atomic mass is 19.2. The van der Waals surface area contributed by atoms with Crippen LogP contribution in [0.5, 0.6) is 17.2 Å². The normalized spacial score (nSPS) is 25.7. The molecular weight excluding hydrogens is 1290 g/mol. The molecule has 3 unspecified atom stereocenters. The van der Waals surface area contributed by atoms with Crippen molar-refractivity contribution in [2.75, 3.05) is 0 Å². The Bertz CT molecular complexity index is 2520. The average Bonchev–Trinajstić information content (AvgIpc) is 0.836. The summed E-state index contributed by atoms with van der Waals surface area (Å²) in [6.07, 6.45) is 54.5. The minimum Gasteiger partial charge on any atom is -0.485 e. The van der Waals surface area contributed by atoms with Crippen molar-refractivity contribution in [3.8, 4) is 17.2 Å². The Labute approximate surface area is 622 Å². The van der Waals surface area contributed by atoms with Crippen molar-refractivity contribution in [1.29, 1.82) is 0 Å². The zero-order chi connectivity index (χ0) is 68.8. The molecule has 6 saturated carbocycles. The van der Waals surface area contributed by atoms with Crippen LogP contribution in [0.4, 0.5) is 26.3 Å². The number of benzene rings is 3. The summed E-state index contributed by atoms with van der Waals surface area (Å²) < 4.78 is 106. The number of ether oxygens (including phenoxy) is 3. The Kier molecular flexibility index (Phi) is 49.7. The molecule has 12 heteroatoms.